The molecule has 0 atom stereocenters. The summed E-state index contributed by atoms with van der Waals surface area (Å²) in [7, 11) is 0. The standard InChI is InChI=1S/C24H26FN5O3/c1-2-33-18-9-7-17(8-10-18)23-26-24(32)20(27-28-23)11-12-22(31)30-15-13-29(14-16-30)21-6-4-3-5-19(21)25/h3-10H,2,11-16H2,1H3,(H,26,28,32). The SMILES string of the molecule is CCOc1ccc(-c2nnc(CCC(=O)N3CCN(c4ccccc4F)CC3)c(=O)[nH]2)cc1. The molecule has 33 heavy (non-hydrogen) atoms. The molecule has 1 aliphatic rings. The molecule has 1 fully saturated rings. The first-order valence-corrected chi connectivity index (χ1v) is 11.0. The molecule has 1 saturated heterocycles. The van der Waals surface area contributed by atoms with Crippen molar-refractivity contribution in [1.82, 2.24) is 20.1 Å². The summed E-state index contributed by atoms with van der Waals surface area (Å²) in [6, 6.07) is 13.9. The van der Waals surface area contributed by atoms with Gasteiger partial charge in [-0.15, -0.1) is 10.2 Å². The molecule has 8 nitrogen and oxygen atoms in total. The lowest BCUT2D eigenvalue weighted by Crippen LogP contribution is -2.49. The Kier molecular flexibility index (Phi) is 6.97. The molecular formula is C24H26FN5O3. The predicted molar refractivity (Wildman–Crippen MR) is 123 cm³/mol. The van der Waals surface area contributed by atoms with E-state index in [4.69, 9.17) is 4.74 Å². The molecule has 1 aromatic heterocycles. The van der Waals surface area contributed by atoms with E-state index >= 15 is 0 Å². The molecule has 172 valence electrons. The Morgan fingerprint density at radius 1 is 1.06 bits per heavy atom. The quantitative estimate of drug-likeness (QED) is 0.594. The number of benzene rings is 2. The van der Waals surface area contributed by atoms with Crippen molar-refractivity contribution < 1.29 is 13.9 Å². The average Bonchev–Trinajstić information content (AvgIpc) is 2.84. The minimum atomic E-state index is -0.356. The van der Waals surface area contributed by atoms with Crippen LogP contribution in [0.15, 0.2) is 53.3 Å². The largest absolute Gasteiger partial charge is 0.494 e. The van der Waals surface area contributed by atoms with Crippen LogP contribution in [0.25, 0.3) is 11.4 Å². The van der Waals surface area contributed by atoms with Gasteiger partial charge in [0.05, 0.1) is 12.3 Å². The van der Waals surface area contributed by atoms with Gasteiger partial charge in [-0.2, -0.15) is 0 Å². The van der Waals surface area contributed by atoms with Gasteiger partial charge in [0, 0.05) is 44.6 Å². The smallest absolute Gasteiger partial charge is 0.273 e. The van der Waals surface area contributed by atoms with E-state index in [0.717, 1.165) is 11.3 Å². The van der Waals surface area contributed by atoms with Gasteiger partial charge in [-0.3, -0.25) is 9.59 Å². The Morgan fingerprint density at radius 2 is 1.79 bits per heavy atom. The Morgan fingerprint density at radius 3 is 2.45 bits per heavy atom. The summed E-state index contributed by atoms with van der Waals surface area (Å²) in [4.78, 5) is 31.5. The Balaban J connectivity index is 1.31. The Labute approximate surface area is 191 Å². The zero-order chi connectivity index (χ0) is 23.2. The molecule has 0 unspecified atom stereocenters. The van der Waals surface area contributed by atoms with Crippen LogP contribution in [0, 0.1) is 5.82 Å². The molecule has 2 heterocycles. The second-order valence-electron chi connectivity index (χ2n) is 7.73. The number of carbonyl (C=O) groups excluding carboxylic acids is 1. The predicted octanol–water partition coefficient (Wildman–Crippen LogP) is 2.65. The normalized spacial score (nSPS) is 13.8. The van der Waals surface area contributed by atoms with Crippen molar-refractivity contribution in [3.05, 3.63) is 70.4 Å². The molecule has 1 N–H and O–H groups in total. The number of hydrogen-bond acceptors (Lipinski definition) is 6. The fourth-order valence-corrected chi connectivity index (χ4v) is 3.82. The third-order valence-electron chi connectivity index (χ3n) is 5.60. The Bertz CT molecular complexity index is 1160. The van der Waals surface area contributed by atoms with Gasteiger partial charge in [-0.05, 0) is 43.3 Å². The van der Waals surface area contributed by atoms with Crippen LogP contribution in [0.4, 0.5) is 10.1 Å². The van der Waals surface area contributed by atoms with Gasteiger partial charge in [-0.25, -0.2) is 4.39 Å². The zero-order valence-electron chi connectivity index (χ0n) is 18.5. The minimum absolute atomic E-state index is 0.0556. The summed E-state index contributed by atoms with van der Waals surface area (Å²) >= 11 is 0. The summed E-state index contributed by atoms with van der Waals surface area (Å²) in [6.45, 7) is 4.61. The summed E-state index contributed by atoms with van der Waals surface area (Å²) in [5.41, 5.74) is 1.14. The van der Waals surface area contributed by atoms with Gasteiger partial charge in [0.2, 0.25) is 5.91 Å². The molecule has 2 aromatic carbocycles. The highest BCUT2D eigenvalue weighted by Gasteiger charge is 2.23. The number of H-pyrrole nitrogens is 1. The van der Waals surface area contributed by atoms with Crippen molar-refractivity contribution in [2.75, 3.05) is 37.7 Å². The molecule has 0 spiro atoms. The first kappa shape index (κ1) is 22.4. The van der Waals surface area contributed by atoms with Gasteiger partial charge < -0.3 is 19.5 Å². The van der Waals surface area contributed by atoms with Crippen molar-refractivity contribution in [3.8, 4) is 17.1 Å². The van der Waals surface area contributed by atoms with Gasteiger partial charge in [0.1, 0.15) is 17.3 Å². The number of piperazine rings is 1. The molecule has 4 rings (SSSR count). The third-order valence-corrected chi connectivity index (χ3v) is 5.60. The van der Waals surface area contributed by atoms with Gasteiger partial charge >= 0.3 is 0 Å². The fourth-order valence-electron chi connectivity index (χ4n) is 3.82. The lowest BCUT2D eigenvalue weighted by atomic mass is 10.2. The number of anilines is 1. The maximum absolute atomic E-state index is 14.0. The van der Waals surface area contributed by atoms with Crippen molar-refractivity contribution in [3.63, 3.8) is 0 Å². The summed E-state index contributed by atoms with van der Waals surface area (Å²) in [6.07, 6.45) is 0.373. The number of aryl methyl sites for hydroxylation is 1. The van der Waals surface area contributed by atoms with Gasteiger partial charge in [-0.1, -0.05) is 12.1 Å². The van der Waals surface area contributed by atoms with Crippen LogP contribution in [0.5, 0.6) is 5.75 Å². The molecule has 1 aliphatic heterocycles. The number of amides is 1. The fraction of sp³-hybridized carbons (Fsp3) is 0.333. The molecule has 9 heteroatoms. The molecule has 0 bridgehead atoms. The van der Waals surface area contributed by atoms with E-state index in [1.807, 2.05) is 11.8 Å². The molecule has 0 saturated carbocycles. The van der Waals surface area contributed by atoms with E-state index in [-0.39, 0.29) is 35.8 Å². The maximum Gasteiger partial charge on any atom is 0.273 e. The number of aromatic nitrogens is 3. The number of aromatic amines is 1. The first-order valence-electron chi connectivity index (χ1n) is 11.0. The second kappa shape index (κ2) is 10.2. The lowest BCUT2D eigenvalue weighted by Gasteiger charge is -2.36. The second-order valence-corrected chi connectivity index (χ2v) is 7.73. The van der Waals surface area contributed by atoms with Crippen LogP contribution < -0.4 is 15.2 Å². The van der Waals surface area contributed by atoms with Crippen LogP contribution in [0.1, 0.15) is 19.0 Å². The number of para-hydroxylation sites is 1. The molecule has 0 aliphatic carbocycles. The van der Waals surface area contributed by atoms with Crippen molar-refractivity contribution in [1.29, 1.82) is 0 Å². The number of nitrogens with one attached hydrogen (secondary N) is 1. The van der Waals surface area contributed by atoms with Crippen molar-refractivity contribution in [2.24, 2.45) is 0 Å². The summed E-state index contributed by atoms with van der Waals surface area (Å²) in [5, 5.41) is 8.16. The number of carbonyl (C=O) groups is 1. The van der Waals surface area contributed by atoms with E-state index in [9.17, 15) is 14.0 Å². The van der Waals surface area contributed by atoms with Crippen molar-refractivity contribution >= 4 is 11.6 Å². The average molecular weight is 452 g/mol. The first-order chi connectivity index (χ1) is 16.0. The van der Waals surface area contributed by atoms with E-state index < -0.39 is 0 Å². The Hall–Kier alpha value is -3.75. The van der Waals surface area contributed by atoms with E-state index in [1.54, 1.807) is 47.4 Å². The van der Waals surface area contributed by atoms with Crippen LogP contribution in [0.2, 0.25) is 0 Å². The van der Waals surface area contributed by atoms with E-state index in [0.29, 0.717) is 44.3 Å². The van der Waals surface area contributed by atoms with Gasteiger partial charge in [0.15, 0.2) is 5.82 Å². The van der Waals surface area contributed by atoms with Crippen LogP contribution >= 0.6 is 0 Å². The highest BCUT2D eigenvalue weighted by molar-refractivity contribution is 5.76. The van der Waals surface area contributed by atoms with Gasteiger partial charge in [0.25, 0.3) is 5.56 Å². The topological polar surface area (TPSA) is 91.4 Å². The molecule has 1 amide bonds. The number of halogens is 1. The number of nitrogens with zero attached hydrogens (tertiary/aromatic N) is 4. The van der Waals surface area contributed by atoms with Crippen LogP contribution in [-0.2, 0) is 11.2 Å². The monoisotopic (exact) mass is 451 g/mol. The highest BCUT2D eigenvalue weighted by atomic mass is 19.1. The zero-order valence-corrected chi connectivity index (χ0v) is 18.5. The minimum Gasteiger partial charge on any atom is -0.494 e. The number of hydrogen-bond donors (Lipinski definition) is 1. The molecule has 3 aromatic rings. The molecular weight excluding hydrogens is 425 g/mol. The summed E-state index contributed by atoms with van der Waals surface area (Å²) in [5.74, 6) is 0.785. The number of ether oxygens (including phenoxy) is 1. The van der Waals surface area contributed by atoms with Crippen LogP contribution in [0.3, 0.4) is 0 Å². The third kappa shape index (κ3) is 5.36. The van der Waals surface area contributed by atoms with E-state index in [2.05, 4.69) is 15.2 Å². The number of rotatable bonds is 7. The van der Waals surface area contributed by atoms with E-state index in [1.165, 1.54) is 6.07 Å². The van der Waals surface area contributed by atoms with Crippen molar-refractivity contribution in [2.45, 2.75) is 19.8 Å². The highest BCUT2D eigenvalue weighted by Crippen LogP contribution is 2.21. The lowest BCUT2D eigenvalue weighted by molar-refractivity contribution is -0.131. The molecule has 0 radical (unpaired) electrons. The van der Waals surface area contributed by atoms with Crippen LogP contribution in [-0.4, -0.2) is 58.8 Å². The summed E-state index contributed by atoms with van der Waals surface area (Å²) < 4.78 is 19.4. The maximum atomic E-state index is 14.0.